The van der Waals surface area contributed by atoms with E-state index in [1.54, 1.807) is 17.0 Å². The second kappa shape index (κ2) is 9.81. The van der Waals surface area contributed by atoms with Crippen molar-refractivity contribution in [2.75, 3.05) is 10.2 Å². The number of hydrogen-bond acceptors (Lipinski definition) is 5. The zero-order valence-electron chi connectivity index (χ0n) is 20.1. The standard InChI is InChI=1S/C26H27N5O3S2/c1-26(2,3)18-13-14-21-19(15-18)23(24(32)31(21)16-17-9-5-4-6-10-17)29-30-25(35)28-20-11-7-8-12-22(20)36(27,33)34/h4-15H,16H2,1-3H3,(H2,27,33,34)(H2,28,30,35). The highest BCUT2D eigenvalue weighted by Crippen LogP contribution is 2.34. The van der Waals surface area contributed by atoms with Crippen LogP contribution in [-0.2, 0) is 26.8 Å². The molecule has 36 heavy (non-hydrogen) atoms. The van der Waals surface area contributed by atoms with Gasteiger partial charge in [-0.15, -0.1) is 0 Å². The number of benzene rings is 3. The van der Waals surface area contributed by atoms with Gasteiger partial charge in [-0.1, -0.05) is 69.3 Å². The molecular weight excluding hydrogens is 494 g/mol. The van der Waals surface area contributed by atoms with Crippen molar-refractivity contribution in [1.82, 2.24) is 5.43 Å². The summed E-state index contributed by atoms with van der Waals surface area (Å²) in [6, 6.07) is 21.8. The summed E-state index contributed by atoms with van der Waals surface area (Å²) in [6.07, 6.45) is 0. The molecule has 0 spiro atoms. The minimum atomic E-state index is -3.96. The molecule has 0 fully saturated rings. The highest BCUT2D eigenvalue weighted by Gasteiger charge is 2.35. The summed E-state index contributed by atoms with van der Waals surface area (Å²) in [6.45, 7) is 6.70. The predicted molar refractivity (Wildman–Crippen MR) is 146 cm³/mol. The lowest BCUT2D eigenvalue weighted by atomic mass is 9.85. The topological polar surface area (TPSA) is 117 Å². The average Bonchev–Trinajstić information content (AvgIpc) is 3.07. The Bertz CT molecular complexity index is 1460. The van der Waals surface area contributed by atoms with Crippen LogP contribution in [0.1, 0.15) is 37.5 Å². The zero-order chi connectivity index (χ0) is 26.1. The van der Waals surface area contributed by atoms with Gasteiger partial charge in [0.05, 0.1) is 17.9 Å². The first-order valence-electron chi connectivity index (χ1n) is 11.2. The second-order valence-electron chi connectivity index (χ2n) is 9.43. The average molecular weight is 522 g/mol. The van der Waals surface area contributed by atoms with Crippen molar-refractivity contribution in [3.63, 3.8) is 0 Å². The molecule has 3 aromatic carbocycles. The predicted octanol–water partition coefficient (Wildman–Crippen LogP) is 3.87. The Morgan fingerprint density at radius 1 is 1.03 bits per heavy atom. The minimum absolute atomic E-state index is 0.0152. The van der Waals surface area contributed by atoms with Crippen LogP contribution in [0.25, 0.3) is 0 Å². The maximum atomic E-state index is 13.5. The van der Waals surface area contributed by atoms with Crippen molar-refractivity contribution in [2.45, 2.75) is 37.6 Å². The number of hydrazone groups is 1. The lowest BCUT2D eigenvalue weighted by molar-refractivity contribution is -0.112. The Hall–Kier alpha value is -3.60. The highest BCUT2D eigenvalue weighted by molar-refractivity contribution is 7.89. The minimum Gasteiger partial charge on any atom is -0.330 e. The van der Waals surface area contributed by atoms with E-state index in [9.17, 15) is 13.2 Å². The van der Waals surface area contributed by atoms with E-state index in [2.05, 4.69) is 36.6 Å². The molecule has 8 nitrogen and oxygen atoms in total. The summed E-state index contributed by atoms with van der Waals surface area (Å²) in [4.78, 5) is 15.1. The van der Waals surface area contributed by atoms with Crippen LogP contribution >= 0.6 is 12.2 Å². The summed E-state index contributed by atoms with van der Waals surface area (Å²) in [5, 5.41) is 12.4. The number of para-hydroxylation sites is 1. The van der Waals surface area contributed by atoms with Crippen molar-refractivity contribution >= 4 is 50.3 Å². The molecule has 1 aliphatic heterocycles. The molecule has 4 rings (SSSR count). The first kappa shape index (κ1) is 25.5. The molecule has 0 aromatic heterocycles. The van der Waals surface area contributed by atoms with Gasteiger partial charge in [-0.05, 0) is 53.0 Å². The van der Waals surface area contributed by atoms with Gasteiger partial charge in [0.1, 0.15) is 4.90 Å². The quantitative estimate of drug-likeness (QED) is 0.347. The van der Waals surface area contributed by atoms with E-state index in [1.165, 1.54) is 12.1 Å². The molecule has 0 unspecified atom stereocenters. The van der Waals surface area contributed by atoms with Gasteiger partial charge in [0.15, 0.2) is 10.8 Å². The van der Waals surface area contributed by atoms with E-state index in [1.807, 2.05) is 48.5 Å². The van der Waals surface area contributed by atoms with Crippen LogP contribution in [0.3, 0.4) is 0 Å². The number of nitrogens with zero attached hydrogens (tertiary/aromatic N) is 2. The number of sulfonamides is 1. The number of carbonyl (C=O) groups excluding carboxylic acids is 1. The van der Waals surface area contributed by atoms with Crippen LogP contribution < -0.4 is 20.8 Å². The van der Waals surface area contributed by atoms with Crippen molar-refractivity contribution < 1.29 is 13.2 Å². The number of carbonyl (C=O) groups is 1. The molecule has 0 aliphatic carbocycles. The van der Waals surface area contributed by atoms with E-state index in [4.69, 9.17) is 17.4 Å². The third-order valence-corrected chi connectivity index (χ3v) is 6.91. The van der Waals surface area contributed by atoms with Crippen molar-refractivity contribution in [3.8, 4) is 0 Å². The van der Waals surface area contributed by atoms with Crippen LogP contribution in [0.2, 0.25) is 0 Å². The third-order valence-electron chi connectivity index (χ3n) is 5.75. The van der Waals surface area contributed by atoms with E-state index in [-0.39, 0.29) is 32.7 Å². The number of amides is 1. The van der Waals surface area contributed by atoms with Gasteiger partial charge < -0.3 is 10.2 Å². The van der Waals surface area contributed by atoms with Crippen molar-refractivity contribution in [3.05, 3.63) is 89.5 Å². The molecule has 0 saturated carbocycles. The van der Waals surface area contributed by atoms with Gasteiger partial charge in [-0.3, -0.25) is 10.2 Å². The third kappa shape index (κ3) is 5.46. The molecule has 3 aromatic rings. The lowest BCUT2D eigenvalue weighted by Crippen LogP contribution is -2.32. The van der Waals surface area contributed by atoms with Crippen LogP contribution in [0.4, 0.5) is 11.4 Å². The lowest BCUT2D eigenvalue weighted by Gasteiger charge is -2.21. The number of nitrogens with two attached hydrogens (primary N) is 1. The first-order chi connectivity index (χ1) is 16.9. The summed E-state index contributed by atoms with van der Waals surface area (Å²) in [5.41, 5.74) is 6.49. The fourth-order valence-electron chi connectivity index (χ4n) is 3.89. The molecule has 0 radical (unpaired) electrons. The number of rotatable bonds is 5. The molecule has 0 saturated heterocycles. The summed E-state index contributed by atoms with van der Waals surface area (Å²) < 4.78 is 23.8. The molecule has 0 atom stereocenters. The van der Waals surface area contributed by atoms with E-state index in [0.29, 0.717) is 12.1 Å². The van der Waals surface area contributed by atoms with Gasteiger partial charge >= 0.3 is 0 Å². The Kier molecular flexibility index (Phi) is 6.94. The van der Waals surface area contributed by atoms with Crippen molar-refractivity contribution in [1.29, 1.82) is 0 Å². The van der Waals surface area contributed by atoms with Crippen LogP contribution in [0.15, 0.2) is 82.8 Å². The normalized spacial score (nSPS) is 14.6. The molecular formula is C26H27N5O3S2. The number of thiocarbonyl (C=S) groups is 1. The number of hydrogen-bond donors (Lipinski definition) is 3. The number of anilines is 2. The second-order valence-corrected chi connectivity index (χ2v) is 11.4. The molecule has 1 heterocycles. The van der Waals surface area contributed by atoms with Crippen LogP contribution in [0, 0.1) is 0 Å². The summed E-state index contributed by atoms with van der Waals surface area (Å²) >= 11 is 5.32. The molecule has 0 bridgehead atoms. The van der Waals surface area contributed by atoms with Gasteiger partial charge in [0.2, 0.25) is 10.0 Å². The van der Waals surface area contributed by atoms with Gasteiger partial charge in [0.25, 0.3) is 5.91 Å². The fourth-order valence-corrected chi connectivity index (χ4v) is 4.74. The molecule has 4 N–H and O–H groups in total. The molecule has 10 heteroatoms. The van der Waals surface area contributed by atoms with Crippen LogP contribution in [0.5, 0.6) is 0 Å². The maximum absolute atomic E-state index is 13.5. The fraction of sp³-hybridized carbons (Fsp3) is 0.192. The highest BCUT2D eigenvalue weighted by atomic mass is 32.2. The SMILES string of the molecule is CC(C)(C)c1ccc2c(c1)C(=NNC(=S)Nc1ccccc1S(N)(=O)=O)C(=O)N2Cc1ccccc1. The molecule has 1 amide bonds. The van der Waals surface area contributed by atoms with E-state index in [0.717, 1.165) is 16.8 Å². The van der Waals surface area contributed by atoms with Crippen LogP contribution in [-0.4, -0.2) is 25.1 Å². The number of nitrogens with one attached hydrogen (secondary N) is 2. The maximum Gasteiger partial charge on any atom is 0.279 e. The van der Waals surface area contributed by atoms with Crippen molar-refractivity contribution in [2.24, 2.45) is 10.2 Å². The number of primary sulfonamides is 1. The van der Waals surface area contributed by atoms with E-state index < -0.39 is 10.0 Å². The Labute approximate surface area is 216 Å². The monoisotopic (exact) mass is 521 g/mol. The first-order valence-corrected chi connectivity index (χ1v) is 13.2. The largest absolute Gasteiger partial charge is 0.330 e. The van der Waals surface area contributed by atoms with Gasteiger partial charge in [-0.25, -0.2) is 13.6 Å². The summed E-state index contributed by atoms with van der Waals surface area (Å²) in [5.74, 6) is -0.264. The Balaban J connectivity index is 1.65. The van der Waals surface area contributed by atoms with E-state index >= 15 is 0 Å². The molecule has 186 valence electrons. The summed E-state index contributed by atoms with van der Waals surface area (Å²) in [7, 11) is -3.96. The van der Waals surface area contributed by atoms with Gasteiger partial charge in [-0.2, -0.15) is 5.10 Å². The smallest absolute Gasteiger partial charge is 0.279 e. The zero-order valence-corrected chi connectivity index (χ0v) is 21.8. The Morgan fingerprint density at radius 2 is 1.69 bits per heavy atom. The Morgan fingerprint density at radius 3 is 2.36 bits per heavy atom. The molecule has 1 aliphatic rings. The van der Waals surface area contributed by atoms with Gasteiger partial charge in [0, 0.05) is 5.56 Å². The number of fused-ring (bicyclic) bond motifs is 1.